The van der Waals surface area contributed by atoms with E-state index in [1.54, 1.807) is 10.9 Å². The molecule has 0 saturated carbocycles. The number of nitrogen functional groups attached to an aromatic ring is 1. The van der Waals surface area contributed by atoms with Crippen molar-refractivity contribution in [1.82, 2.24) is 19.5 Å². The Morgan fingerprint density at radius 2 is 2.35 bits per heavy atom. The van der Waals surface area contributed by atoms with Gasteiger partial charge in [0.15, 0.2) is 19.9 Å². The quantitative estimate of drug-likeness (QED) is 0.799. The van der Waals surface area contributed by atoms with E-state index in [0.717, 1.165) is 6.42 Å². The number of hydrogen-bond acceptors (Lipinski definition) is 6. The van der Waals surface area contributed by atoms with Crippen molar-refractivity contribution in [1.29, 1.82) is 0 Å². The molecule has 0 aliphatic carbocycles. The Morgan fingerprint density at radius 1 is 1.47 bits per heavy atom. The number of fused-ring (bicyclic) bond motifs is 1. The predicted octanol–water partition coefficient (Wildman–Crippen LogP) is 0.988. The SMILES string of the molecule is Nc1ncnc2c1ncn2C1OCCC1P=O. The van der Waals surface area contributed by atoms with Gasteiger partial charge in [-0.25, -0.2) is 15.0 Å². The topological polar surface area (TPSA) is 95.9 Å². The number of nitrogens with zero attached hydrogens (tertiary/aromatic N) is 4. The summed E-state index contributed by atoms with van der Waals surface area (Å²) in [6.45, 7) is 0.588. The maximum absolute atomic E-state index is 11.0. The van der Waals surface area contributed by atoms with Gasteiger partial charge >= 0.3 is 0 Å². The van der Waals surface area contributed by atoms with Crippen molar-refractivity contribution in [2.45, 2.75) is 18.3 Å². The van der Waals surface area contributed by atoms with Crippen molar-refractivity contribution in [2.24, 2.45) is 0 Å². The molecule has 1 saturated heterocycles. The molecule has 3 rings (SSSR count). The van der Waals surface area contributed by atoms with E-state index < -0.39 is 0 Å². The molecule has 2 atom stereocenters. The maximum Gasteiger partial charge on any atom is 0.167 e. The molecule has 0 spiro atoms. The van der Waals surface area contributed by atoms with Gasteiger partial charge in [0.25, 0.3) is 0 Å². The molecule has 1 aliphatic heterocycles. The van der Waals surface area contributed by atoms with Gasteiger partial charge in [-0.05, 0) is 6.42 Å². The minimum absolute atomic E-state index is 0.0661. The van der Waals surface area contributed by atoms with Gasteiger partial charge < -0.3 is 10.5 Å². The van der Waals surface area contributed by atoms with Crippen molar-refractivity contribution < 1.29 is 9.30 Å². The van der Waals surface area contributed by atoms with Gasteiger partial charge in [0.2, 0.25) is 0 Å². The fraction of sp³-hybridized carbons (Fsp3) is 0.444. The average Bonchev–Trinajstić information content (AvgIpc) is 2.94. The highest BCUT2D eigenvalue weighted by atomic mass is 31.1. The van der Waals surface area contributed by atoms with Crippen molar-refractivity contribution in [3.05, 3.63) is 12.7 Å². The normalized spacial score (nSPS) is 24.7. The van der Waals surface area contributed by atoms with Gasteiger partial charge in [-0.1, -0.05) is 0 Å². The molecule has 2 unspecified atom stereocenters. The Labute approximate surface area is 98.2 Å². The molecule has 3 heterocycles. The summed E-state index contributed by atoms with van der Waals surface area (Å²) in [5, 5.41) is 0. The third kappa shape index (κ3) is 1.59. The Balaban J connectivity index is 2.12. The summed E-state index contributed by atoms with van der Waals surface area (Å²) in [6, 6.07) is 0. The van der Waals surface area contributed by atoms with Crippen LogP contribution in [0.2, 0.25) is 0 Å². The summed E-state index contributed by atoms with van der Waals surface area (Å²) in [4.78, 5) is 12.2. The second-order valence-electron chi connectivity index (χ2n) is 3.81. The number of anilines is 1. The van der Waals surface area contributed by atoms with Gasteiger partial charge in [0.05, 0.1) is 18.6 Å². The van der Waals surface area contributed by atoms with Crippen LogP contribution < -0.4 is 5.73 Å². The zero-order valence-electron chi connectivity index (χ0n) is 8.85. The van der Waals surface area contributed by atoms with Crippen LogP contribution in [0.25, 0.3) is 11.2 Å². The van der Waals surface area contributed by atoms with Crippen LogP contribution in [0.3, 0.4) is 0 Å². The fourth-order valence-corrected chi connectivity index (χ4v) is 2.53. The third-order valence-corrected chi connectivity index (χ3v) is 3.61. The minimum Gasteiger partial charge on any atom is -0.382 e. The summed E-state index contributed by atoms with van der Waals surface area (Å²) in [5.74, 6) is 0.336. The van der Waals surface area contributed by atoms with Crippen molar-refractivity contribution >= 4 is 25.4 Å². The van der Waals surface area contributed by atoms with E-state index in [1.165, 1.54) is 6.33 Å². The predicted molar refractivity (Wildman–Crippen MR) is 60.7 cm³/mol. The van der Waals surface area contributed by atoms with E-state index >= 15 is 0 Å². The van der Waals surface area contributed by atoms with E-state index in [4.69, 9.17) is 10.5 Å². The van der Waals surface area contributed by atoms with E-state index in [0.29, 0.717) is 23.6 Å². The van der Waals surface area contributed by atoms with Crippen molar-refractivity contribution in [3.8, 4) is 0 Å². The molecule has 88 valence electrons. The number of nitrogens with two attached hydrogens (primary N) is 1. The summed E-state index contributed by atoms with van der Waals surface area (Å²) in [6.07, 6.45) is 3.45. The van der Waals surface area contributed by atoms with Crippen LogP contribution in [0.4, 0.5) is 5.82 Å². The highest BCUT2D eigenvalue weighted by Crippen LogP contribution is 2.34. The Kier molecular flexibility index (Phi) is 2.49. The molecule has 17 heavy (non-hydrogen) atoms. The number of hydrogen-bond donors (Lipinski definition) is 1. The highest BCUT2D eigenvalue weighted by molar-refractivity contribution is 7.24. The van der Waals surface area contributed by atoms with Crippen LogP contribution in [-0.4, -0.2) is 31.8 Å². The second kappa shape index (κ2) is 4.01. The smallest absolute Gasteiger partial charge is 0.167 e. The van der Waals surface area contributed by atoms with E-state index in [-0.39, 0.29) is 20.3 Å². The molecule has 1 fully saturated rings. The number of rotatable bonds is 2. The summed E-state index contributed by atoms with van der Waals surface area (Å²) in [5.41, 5.74) is 6.79. The molecule has 7 nitrogen and oxygen atoms in total. The summed E-state index contributed by atoms with van der Waals surface area (Å²) < 4.78 is 18.4. The van der Waals surface area contributed by atoms with Crippen molar-refractivity contribution in [2.75, 3.05) is 12.3 Å². The number of ether oxygens (including phenoxy) is 1. The summed E-state index contributed by atoms with van der Waals surface area (Å²) >= 11 is 0. The largest absolute Gasteiger partial charge is 0.382 e. The maximum atomic E-state index is 11.0. The van der Waals surface area contributed by atoms with Crippen LogP contribution in [0, 0.1) is 0 Å². The monoisotopic (exact) mass is 251 g/mol. The lowest BCUT2D eigenvalue weighted by molar-refractivity contribution is 0.0611. The van der Waals surface area contributed by atoms with E-state index in [2.05, 4.69) is 15.0 Å². The van der Waals surface area contributed by atoms with Crippen LogP contribution in [0.1, 0.15) is 12.6 Å². The van der Waals surface area contributed by atoms with Gasteiger partial charge in [0, 0.05) is 0 Å². The first-order valence-electron chi connectivity index (χ1n) is 5.18. The van der Waals surface area contributed by atoms with Crippen molar-refractivity contribution in [3.63, 3.8) is 0 Å². The van der Waals surface area contributed by atoms with Crippen LogP contribution in [0.5, 0.6) is 0 Å². The molecule has 0 radical (unpaired) electrons. The molecule has 0 amide bonds. The minimum atomic E-state index is -0.298. The average molecular weight is 251 g/mol. The summed E-state index contributed by atoms with van der Waals surface area (Å²) in [7, 11) is 0.0765. The fourth-order valence-electron chi connectivity index (χ4n) is 1.99. The molecule has 8 heteroatoms. The Morgan fingerprint density at radius 3 is 3.18 bits per heavy atom. The zero-order chi connectivity index (χ0) is 11.8. The van der Waals surface area contributed by atoms with Crippen LogP contribution >= 0.6 is 8.46 Å². The molecule has 2 aromatic heterocycles. The second-order valence-corrected chi connectivity index (χ2v) is 4.68. The first-order valence-corrected chi connectivity index (χ1v) is 6.06. The molecule has 2 aromatic rings. The molecular formula is C9H10N5O2P. The number of imidazole rings is 1. The lowest BCUT2D eigenvalue weighted by Crippen LogP contribution is -2.15. The van der Waals surface area contributed by atoms with E-state index in [9.17, 15) is 4.57 Å². The van der Waals surface area contributed by atoms with Crippen LogP contribution in [-0.2, 0) is 9.30 Å². The highest BCUT2D eigenvalue weighted by Gasteiger charge is 2.31. The lowest BCUT2D eigenvalue weighted by Gasteiger charge is -2.14. The molecule has 2 N–H and O–H groups in total. The molecule has 1 aliphatic rings. The zero-order valence-corrected chi connectivity index (χ0v) is 9.75. The van der Waals surface area contributed by atoms with Gasteiger partial charge in [-0.2, -0.15) is 0 Å². The lowest BCUT2D eigenvalue weighted by atomic mass is 10.3. The number of aromatic nitrogens is 4. The molecular weight excluding hydrogens is 241 g/mol. The molecule has 0 aromatic carbocycles. The van der Waals surface area contributed by atoms with Gasteiger partial charge in [0.1, 0.15) is 18.1 Å². The third-order valence-electron chi connectivity index (χ3n) is 2.83. The molecule has 0 bridgehead atoms. The van der Waals surface area contributed by atoms with Gasteiger partial charge in [-0.3, -0.25) is 9.13 Å². The first-order chi connectivity index (χ1) is 8.31. The first kappa shape index (κ1) is 10.6. The van der Waals surface area contributed by atoms with Crippen LogP contribution in [0.15, 0.2) is 12.7 Å². The standard InChI is InChI=1S/C9H10N5O2P/c10-7-6-8(12-3-11-7)14(4-13-6)9-5(17-15)1-2-16-9/h3-5,9H,1-2H2,(H2,10,11,12). The Hall–Kier alpha value is -1.59. The van der Waals surface area contributed by atoms with Gasteiger partial charge in [-0.15, -0.1) is 0 Å². The van der Waals surface area contributed by atoms with E-state index in [1.807, 2.05) is 0 Å². The Bertz CT molecular complexity index is 572.